The van der Waals surface area contributed by atoms with E-state index in [0.717, 1.165) is 0 Å². The second-order valence-electron chi connectivity index (χ2n) is 3.91. The lowest BCUT2D eigenvalue weighted by molar-refractivity contribution is 0.0660. The van der Waals surface area contributed by atoms with E-state index >= 15 is 0 Å². The van der Waals surface area contributed by atoms with Crippen molar-refractivity contribution in [1.82, 2.24) is 20.3 Å². The first-order valence-electron chi connectivity index (χ1n) is 5.80. The lowest BCUT2D eigenvalue weighted by Crippen LogP contribution is -2.23. The number of nitrogens with two attached hydrogens (primary N) is 1. The van der Waals surface area contributed by atoms with Crippen LogP contribution in [0.15, 0.2) is 22.7 Å². The third kappa shape index (κ3) is 3.20. The molecule has 2 heterocycles. The van der Waals surface area contributed by atoms with Crippen molar-refractivity contribution in [3.8, 4) is 0 Å². The van der Waals surface area contributed by atoms with Crippen LogP contribution in [0.5, 0.6) is 0 Å². The zero-order valence-corrected chi connectivity index (χ0v) is 10.4. The van der Waals surface area contributed by atoms with Crippen LogP contribution in [0.4, 0.5) is 0 Å². The van der Waals surface area contributed by atoms with Crippen molar-refractivity contribution in [2.75, 3.05) is 6.54 Å². The zero-order chi connectivity index (χ0) is 14.5. The van der Waals surface area contributed by atoms with Crippen molar-refractivity contribution in [2.24, 2.45) is 5.73 Å². The van der Waals surface area contributed by atoms with Gasteiger partial charge in [-0.15, -0.1) is 5.10 Å². The molecule has 2 aromatic rings. The van der Waals surface area contributed by atoms with Gasteiger partial charge in [0.15, 0.2) is 5.69 Å². The topological polar surface area (TPSA) is 136 Å². The molecule has 0 fully saturated rings. The van der Waals surface area contributed by atoms with Gasteiger partial charge in [0.25, 0.3) is 5.91 Å². The average molecular weight is 279 g/mol. The molecule has 0 bridgehead atoms. The van der Waals surface area contributed by atoms with E-state index < -0.39 is 11.9 Å². The minimum absolute atomic E-state index is 0.0653. The molecule has 4 N–H and O–H groups in total. The number of nitrogens with one attached hydrogen (secondary N) is 1. The fourth-order valence-corrected chi connectivity index (χ4v) is 1.49. The van der Waals surface area contributed by atoms with Crippen molar-refractivity contribution in [1.29, 1.82) is 0 Å². The van der Waals surface area contributed by atoms with Crippen LogP contribution in [0.3, 0.4) is 0 Å². The van der Waals surface area contributed by atoms with Gasteiger partial charge in [0, 0.05) is 6.54 Å². The first-order chi connectivity index (χ1) is 9.60. The van der Waals surface area contributed by atoms with Gasteiger partial charge in [0.05, 0.1) is 19.3 Å². The first-order valence-corrected chi connectivity index (χ1v) is 5.80. The van der Waals surface area contributed by atoms with Crippen LogP contribution in [-0.2, 0) is 13.1 Å². The lowest BCUT2D eigenvalue weighted by atomic mass is 10.4. The summed E-state index contributed by atoms with van der Waals surface area (Å²) in [6.07, 6.45) is 1.48. The molecule has 1 amide bonds. The van der Waals surface area contributed by atoms with Crippen LogP contribution in [0.25, 0.3) is 0 Å². The largest absolute Gasteiger partial charge is 0.475 e. The lowest BCUT2D eigenvalue weighted by Gasteiger charge is -1.99. The Hall–Kier alpha value is -2.68. The molecule has 0 atom stereocenters. The van der Waals surface area contributed by atoms with Gasteiger partial charge in [-0.1, -0.05) is 5.21 Å². The second-order valence-corrected chi connectivity index (χ2v) is 3.91. The van der Waals surface area contributed by atoms with Crippen LogP contribution < -0.4 is 11.1 Å². The highest BCUT2D eigenvalue weighted by Gasteiger charge is 2.13. The number of aromatic carboxylic acids is 1. The van der Waals surface area contributed by atoms with Gasteiger partial charge < -0.3 is 20.6 Å². The van der Waals surface area contributed by atoms with Crippen LogP contribution in [0.1, 0.15) is 26.8 Å². The first kappa shape index (κ1) is 13.7. The number of carbonyl (C=O) groups is 2. The summed E-state index contributed by atoms with van der Waals surface area (Å²) >= 11 is 0. The van der Waals surface area contributed by atoms with Gasteiger partial charge in [0.1, 0.15) is 5.76 Å². The number of carbonyl (C=O) groups excluding carboxylic acids is 1. The number of nitrogens with zero attached hydrogens (tertiary/aromatic N) is 3. The number of carboxylic acids is 1. The number of amides is 1. The summed E-state index contributed by atoms with van der Waals surface area (Å²) in [6, 6.07) is 2.80. The molecule has 0 aliphatic carbocycles. The minimum atomic E-state index is -1.16. The molecule has 0 aliphatic heterocycles. The number of furan rings is 1. The minimum Gasteiger partial charge on any atom is -0.475 e. The molecular weight excluding hydrogens is 266 g/mol. The smallest absolute Gasteiger partial charge is 0.371 e. The molecule has 9 nitrogen and oxygen atoms in total. The van der Waals surface area contributed by atoms with E-state index in [4.69, 9.17) is 15.3 Å². The molecular formula is C11H13N5O4. The van der Waals surface area contributed by atoms with Crippen molar-refractivity contribution in [3.05, 3.63) is 35.5 Å². The van der Waals surface area contributed by atoms with Crippen molar-refractivity contribution in [3.63, 3.8) is 0 Å². The van der Waals surface area contributed by atoms with E-state index in [0.29, 0.717) is 18.8 Å². The van der Waals surface area contributed by atoms with E-state index in [2.05, 4.69) is 15.6 Å². The normalized spacial score (nSPS) is 10.4. The van der Waals surface area contributed by atoms with Gasteiger partial charge in [-0.05, 0) is 12.1 Å². The summed E-state index contributed by atoms with van der Waals surface area (Å²) in [5.41, 5.74) is 5.51. The van der Waals surface area contributed by atoms with E-state index in [-0.39, 0.29) is 18.0 Å². The van der Waals surface area contributed by atoms with E-state index in [1.807, 2.05) is 0 Å². The maximum Gasteiger partial charge on any atom is 0.371 e. The quantitative estimate of drug-likeness (QED) is 0.645. The molecule has 2 rings (SSSR count). The number of rotatable bonds is 6. The van der Waals surface area contributed by atoms with Crippen molar-refractivity contribution in [2.45, 2.75) is 13.1 Å². The molecule has 0 unspecified atom stereocenters. The Bertz CT molecular complexity index is 618. The molecule has 106 valence electrons. The Morgan fingerprint density at radius 1 is 1.45 bits per heavy atom. The van der Waals surface area contributed by atoms with E-state index in [1.165, 1.54) is 23.0 Å². The molecule has 0 aliphatic rings. The highest BCUT2D eigenvalue weighted by Crippen LogP contribution is 2.07. The standard InChI is InChI=1S/C11H13N5O4/c12-3-4-16-6-8(14-15-16)10(17)13-5-7-1-2-9(20-7)11(18)19/h1-2,6H,3-5,12H2,(H,13,17)(H,18,19). The summed E-state index contributed by atoms with van der Waals surface area (Å²) in [5.74, 6) is -1.43. The summed E-state index contributed by atoms with van der Waals surface area (Å²) in [6.45, 7) is 0.936. The van der Waals surface area contributed by atoms with Crippen LogP contribution in [-0.4, -0.2) is 38.5 Å². The number of hydrogen-bond donors (Lipinski definition) is 3. The third-order valence-electron chi connectivity index (χ3n) is 2.43. The Morgan fingerprint density at radius 2 is 2.25 bits per heavy atom. The van der Waals surface area contributed by atoms with Crippen LogP contribution in [0.2, 0.25) is 0 Å². The number of hydrogen-bond acceptors (Lipinski definition) is 6. The number of aromatic nitrogens is 3. The van der Waals surface area contributed by atoms with Gasteiger partial charge in [-0.25, -0.2) is 4.79 Å². The molecule has 20 heavy (non-hydrogen) atoms. The maximum absolute atomic E-state index is 11.8. The molecule has 0 saturated carbocycles. The summed E-state index contributed by atoms with van der Waals surface area (Å²) in [5, 5.41) is 18.7. The zero-order valence-electron chi connectivity index (χ0n) is 10.4. The molecule has 0 radical (unpaired) electrons. The SMILES string of the molecule is NCCn1cc(C(=O)NCc2ccc(C(=O)O)o2)nn1. The predicted octanol–water partition coefficient (Wildman–Crippen LogP) is -0.542. The fraction of sp³-hybridized carbons (Fsp3) is 0.273. The van der Waals surface area contributed by atoms with Crippen molar-refractivity contribution < 1.29 is 19.1 Å². The highest BCUT2D eigenvalue weighted by molar-refractivity contribution is 5.91. The third-order valence-corrected chi connectivity index (χ3v) is 2.43. The average Bonchev–Trinajstić information content (AvgIpc) is 3.05. The van der Waals surface area contributed by atoms with E-state index in [9.17, 15) is 9.59 Å². The van der Waals surface area contributed by atoms with Gasteiger partial charge in [-0.3, -0.25) is 9.48 Å². The monoisotopic (exact) mass is 279 g/mol. The molecule has 9 heteroatoms. The highest BCUT2D eigenvalue weighted by atomic mass is 16.4. The summed E-state index contributed by atoms with van der Waals surface area (Å²) < 4.78 is 6.47. The molecule has 0 spiro atoms. The molecule has 0 saturated heterocycles. The Morgan fingerprint density at radius 3 is 2.90 bits per heavy atom. The fourth-order valence-electron chi connectivity index (χ4n) is 1.49. The molecule has 0 aromatic carbocycles. The molecule has 2 aromatic heterocycles. The Kier molecular flexibility index (Phi) is 4.11. The Labute approximate surface area is 113 Å². The van der Waals surface area contributed by atoms with Gasteiger partial charge in [-0.2, -0.15) is 0 Å². The summed E-state index contributed by atoms with van der Waals surface area (Å²) in [7, 11) is 0. The van der Waals surface area contributed by atoms with Gasteiger partial charge >= 0.3 is 5.97 Å². The van der Waals surface area contributed by atoms with E-state index in [1.54, 1.807) is 0 Å². The second kappa shape index (κ2) is 5.97. The number of carboxylic acid groups (broad SMARTS) is 1. The Balaban J connectivity index is 1.91. The maximum atomic E-state index is 11.8. The van der Waals surface area contributed by atoms with Crippen LogP contribution in [0, 0.1) is 0 Å². The van der Waals surface area contributed by atoms with Gasteiger partial charge in [0.2, 0.25) is 5.76 Å². The van der Waals surface area contributed by atoms with Crippen molar-refractivity contribution >= 4 is 11.9 Å². The summed E-state index contributed by atoms with van der Waals surface area (Å²) in [4.78, 5) is 22.4. The predicted molar refractivity (Wildman–Crippen MR) is 65.9 cm³/mol. The van der Waals surface area contributed by atoms with Crippen LogP contribution >= 0.6 is 0 Å².